The van der Waals surface area contributed by atoms with Crippen LogP contribution in [0.5, 0.6) is 5.75 Å². The van der Waals surface area contributed by atoms with Crippen molar-refractivity contribution in [1.82, 2.24) is 15.2 Å². The Hall–Kier alpha value is -2.22. The molecular formula is C9H8N4O3S. The van der Waals surface area contributed by atoms with Gasteiger partial charge in [0, 0.05) is 11.6 Å². The number of benzene rings is 1. The first kappa shape index (κ1) is 11.3. The van der Waals surface area contributed by atoms with Crippen molar-refractivity contribution in [3.05, 3.63) is 33.1 Å². The van der Waals surface area contributed by atoms with Gasteiger partial charge in [0.2, 0.25) is 4.77 Å². The van der Waals surface area contributed by atoms with Gasteiger partial charge < -0.3 is 4.74 Å². The second-order valence-corrected chi connectivity index (χ2v) is 3.55. The van der Waals surface area contributed by atoms with Crippen molar-refractivity contribution in [2.24, 2.45) is 0 Å². The number of nitrogens with one attached hydrogen (secondary N) is 2. The normalized spacial score (nSPS) is 10.2. The molecular weight excluding hydrogens is 244 g/mol. The van der Waals surface area contributed by atoms with E-state index in [4.69, 9.17) is 17.0 Å². The highest BCUT2D eigenvalue weighted by atomic mass is 32.1. The first-order valence-corrected chi connectivity index (χ1v) is 5.00. The Balaban J connectivity index is 2.51. The summed E-state index contributed by atoms with van der Waals surface area (Å²) in [6.07, 6.45) is 0. The van der Waals surface area contributed by atoms with Gasteiger partial charge in [0.25, 0.3) is 0 Å². The second kappa shape index (κ2) is 4.34. The molecule has 2 N–H and O–H groups in total. The Bertz CT molecular complexity index is 619. The van der Waals surface area contributed by atoms with Crippen LogP contribution in [0.15, 0.2) is 18.2 Å². The number of methoxy groups -OCH3 is 1. The van der Waals surface area contributed by atoms with Gasteiger partial charge in [-0.15, -0.1) is 0 Å². The molecule has 1 aromatic carbocycles. The Labute approximate surface area is 101 Å². The van der Waals surface area contributed by atoms with Crippen LogP contribution in [0.4, 0.5) is 5.69 Å². The van der Waals surface area contributed by atoms with Crippen LogP contribution >= 0.6 is 12.2 Å². The summed E-state index contributed by atoms with van der Waals surface area (Å²) in [6, 6.07) is 4.46. The van der Waals surface area contributed by atoms with Gasteiger partial charge in [0.05, 0.1) is 12.0 Å². The summed E-state index contributed by atoms with van der Waals surface area (Å²) in [4.78, 5) is 14.2. The lowest BCUT2D eigenvalue weighted by Crippen LogP contribution is -1.94. The van der Waals surface area contributed by atoms with E-state index in [-0.39, 0.29) is 11.4 Å². The molecule has 2 rings (SSSR count). The van der Waals surface area contributed by atoms with E-state index in [9.17, 15) is 10.1 Å². The number of nitro groups is 1. The van der Waals surface area contributed by atoms with Crippen LogP contribution < -0.4 is 4.74 Å². The second-order valence-electron chi connectivity index (χ2n) is 3.16. The van der Waals surface area contributed by atoms with Crippen molar-refractivity contribution in [2.45, 2.75) is 0 Å². The summed E-state index contributed by atoms with van der Waals surface area (Å²) in [6.45, 7) is 0. The average molecular weight is 252 g/mol. The molecule has 1 heterocycles. The van der Waals surface area contributed by atoms with Crippen molar-refractivity contribution in [2.75, 3.05) is 7.11 Å². The highest BCUT2D eigenvalue weighted by Crippen LogP contribution is 2.30. The van der Waals surface area contributed by atoms with Gasteiger partial charge in [0.1, 0.15) is 0 Å². The molecule has 7 nitrogen and oxygen atoms in total. The third-order valence-electron chi connectivity index (χ3n) is 2.15. The largest absolute Gasteiger partial charge is 0.490 e. The number of H-pyrrole nitrogens is 2. The first-order chi connectivity index (χ1) is 8.11. The Kier molecular flexibility index (Phi) is 2.88. The van der Waals surface area contributed by atoms with E-state index >= 15 is 0 Å². The van der Waals surface area contributed by atoms with Crippen LogP contribution in [0.3, 0.4) is 0 Å². The molecule has 0 saturated carbocycles. The molecule has 0 bridgehead atoms. The molecule has 0 aliphatic heterocycles. The predicted octanol–water partition coefficient (Wildman–Crippen LogP) is 2.05. The average Bonchev–Trinajstić information content (AvgIpc) is 2.75. The van der Waals surface area contributed by atoms with E-state index in [2.05, 4.69) is 15.2 Å². The monoisotopic (exact) mass is 252 g/mol. The van der Waals surface area contributed by atoms with Crippen molar-refractivity contribution in [1.29, 1.82) is 0 Å². The van der Waals surface area contributed by atoms with E-state index in [1.807, 2.05) is 0 Å². The molecule has 0 aliphatic carbocycles. The van der Waals surface area contributed by atoms with E-state index in [0.717, 1.165) is 0 Å². The van der Waals surface area contributed by atoms with Gasteiger partial charge >= 0.3 is 5.69 Å². The lowest BCUT2D eigenvalue weighted by molar-refractivity contribution is -0.385. The fourth-order valence-corrected chi connectivity index (χ4v) is 1.52. The zero-order chi connectivity index (χ0) is 12.4. The maximum Gasteiger partial charge on any atom is 0.310 e. The molecule has 0 unspecified atom stereocenters. The summed E-state index contributed by atoms with van der Waals surface area (Å²) in [5.74, 6) is 0.679. The summed E-state index contributed by atoms with van der Waals surface area (Å²) in [7, 11) is 1.37. The SMILES string of the molecule is COc1cc(-c2nc(=S)[nH][nH]2)ccc1[N+](=O)[O-]. The Morgan fingerprint density at radius 1 is 1.47 bits per heavy atom. The molecule has 0 spiro atoms. The van der Waals surface area contributed by atoms with Gasteiger partial charge in [-0.1, -0.05) is 0 Å². The highest BCUT2D eigenvalue weighted by Gasteiger charge is 2.15. The number of rotatable bonds is 3. The molecule has 0 atom stereocenters. The molecule has 0 fully saturated rings. The molecule has 17 heavy (non-hydrogen) atoms. The fourth-order valence-electron chi connectivity index (χ4n) is 1.38. The molecule has 0 amide bonds. The molecule has 0 aliphatic rings. The summed E-state index contributed by atoms with van der Waals surface area (Å²) >= 11 is 4.82. The molecule has 0 saturated heterocycles. The quantitative estimate of drug-likeness (QED) is 0.495. The Morgan fingerprint density at radius 3 is 2.76 bits per heavy atom. The molecule has 0 radical (unpaired) electrons. The standard InChI is InChI=1S/C9H8N4O3S/c1-16-7-4-5(2-3-6(7)13(14)15)8-10-9(17)12-11-8/h2-4H,1H3,(H2,10,11,12,17). The zero-order valence-electron chi connectivity index (χ0n) is 8.76. The summed E-state index contributed by atoms with van der Waals surface area (Å²) < 4.78 is 5.27. The van der Waals surface area contributed by atoms with Crippen molar-refractivity contribution < 1.29 is 9.66 Å². The van der Waals surface area contributed by atoms with Crippen LogP contribution in [-0.4, -0.2) is 27.2 Å². The van der Waals surface area contributed by atoms with Crippen LogP contribution in [0.1, 0.15) is 0 Å². The topological polar surface area (TPSA) is 96.8 Å². The van der Waals surface area contributed by atoms with Gasteiger partial charge in [-0.05, 0) is 24.4 Å². The number of hydrogen-bond acceptors (Lipinski definition) is 5. The molecule has 1 aromatic heterocycles. The number of ether oxygens (including phenoxy) is 1. The number of hydrogen-bond donors (Lipinski definition) is 2. The third-order valence-corrected chi connectivity index (χ3v) is 2.34. The molecule has 88 valence electrons. The minimum absolute atomic E-state index is 0.0922. The van der Waals surface area contributed by atoms with Gasteiger partial charge in [-0.25, -0.2) is 0 Å². The van der Waals surface area contributed by atoms with Crippen molar-refractivity contribution in [3.8, 4) is 17.1 Å². The van der Waals surface area contributed by atoms with Crippen LogP contribution in [0, 0.1) is 14.9 Å². The van der Waals surface area contributed by atoms with Gasteiger partial charge in [-0.3, -0.25) is 20.3 Å². The number of nitrogens with zero attached hydrogens (tertiary/aromatic N) is 2. The fraction of sp³-hybridized carbons (Fsp3) is 0.111. The summed E-state index contributed by atoms with van der Waals surface area (Å²) in [5, 5.41) is 16.1. The smallest absolute Gasteiger partial charge is 0.310 e. The highest BCUT2D eigenvalue weighted by molar-refractivity contribution is 7.71. The van der Waals surface area contributed by atoms with Crippen LogP contribution in [0.2, 0.25) is 0 Å². The first-order valence-electron chi connectivity index (χ1n) is 4.59. The van der Waals surface area contributed by atoms with Crippen LogP contribution in [-0.2, 0) is 0 Å². The number of aromatic amines is 2. The Morgan fingerprint density at radius 2 is 2.24 bits per heavy atom. The van der Waals surface area contributed by atoms with Crippen molar-refractivity contribution in [3.63, 3.8) is 0 Å². The van der Waals surface area contributed by atoms with E-state index in [1.54, 1.807) is 6.07 Å². The lowest BCUT2D eigenvalue weighted by Gasteiger charge is -2.03. The van der Waals surface area contributed by atoms with E-state index in [1.165, 1.54) is 19.2 Å². The van der Waals surface area contributed by atoms with Gasteiger partial charge in [0.15, 0.2) is 11.6 Å². The number of aromatic nitrogens is 3. The van der Waals surface area contributed by atoms with E-state index in [0.29, 0.717) is 16.2 Å². The summed E-state index contributed by atoms with van der Waals surface area (Å²) in [5.41, 5.74) is 0.560. The maximum absolute atomic E-state index is 10.7. The van der Waals surface area contributed by atoms with Crippen molar-refractivity contribution >= 4 is 17.9 Å². The third kappa shape index (κ3) is 2.16. The molecule has 2 aromatic rings. The maximum atomic E-state index is 10.7. The van der Waals surface area contributed by atoms with E-state index < -0.39 is 4.92 Å². The zero-order valence-corrected chi connectivity index (χ0v) is 9.58. The predicted molar refractivity (Wildman–Crippen MR) is 62.4 cm³/mol. The van der Waals surface area contributed by atoms with Gasteiger partial charge in [-0.2, -0.15) is 4.98 Å². The molecule has 8 heteroatoms. The lowest BCUT2D eigenvalue weighted by atomic mass is 10.2. The number of nitro benzene ring substituents is 1. The minimum atomic E-state index is -0.505. The van der Waals surface area contributed by atoms with Crippen LogP contribution in [0.25, 0.3) is 11.4 Å². The minimum Gasteiger partial charge on any atom is -0.490 e.